The summed E-state index contributed by atoms with van der Waals surface area (Å²) >= 11 is 0. The normalized spacial score (nSPS) is 26.4. The molecule has 1 heterocycles. The lowest BCUT2D eigenvalue weighted by molar-refractivity contribution is 0.0448. The Morgan fingerprint density at radius 1 is 1.56 bits per heavy atom. The highest BCUT2D eigenvalue weighted by Gasteiger charge is 2.32. The zero-order valence-electron chi connectivity index (χ0n) is 10.5. The number of aliphatic hydroxyl groups excluding tert-OH is 1. The summed E-state index contributed by atoms with van der Waals surface area (Å²) in [6, 6.07) is -0.821. The fourth-order valence-electron chi connectivity index (χ4n) is 2.33. The van der Waals surface area contributed by atoms with Crippen molar-refractivity contribution in [1.29, 1.82) is 0 Å². The van der Waals surface area contributed by atoms with Gasteiger partial charge in [0.15, 0.2) is 0 Å². The molecule has 1 aliphatic heterocycles. The number of amides is 2. The van der Waals surface area contributed by atoms with E-state index >= 15 is 0 Å². The molecule has 1 aliphatic rings. The highest BCUT2D eigenvalue weighted by atomic mass is 19.3. The van der Waals surface area contributed by atoms with Crippen molar-refractivity contribution in [2.24, 2.45) is 11.7 Å². The molecule has 0 aromatic carbocycles. The Hall–Kier alpha value is -0.950. The molecule has 0 radical (unpaired) electrons. The van der Waals surface area contributed by atoms with E-state index in [1.807, 2.05) is 6.92 Å². The molecule has 0 saturated carbocycles. The number of carbonyl (C=O) groups is 1. The van der Waals surface area contributed by atoms with Crippen molar-refractivity contribution < 1.29 is 18.7 Å². The van der Waals surface area contributed by atoms with E-state index in [2.05, 4.69) is 5.32 Å². The van der Waals surface area contributed by atoms with Gasteiger partial charge in [-0.2, -0.15) is 0 Å². The summed E-state index contributed by atoms with van der Waals surface area (Å²) in [5.74, 6) is -0.119. The lowest BCUT2D eigenvalue weighted by Gasteiger charge is -2.39. The monoisotopic (exact) mass is 265 g/mol. The Kier molecular flexibility index (Phi) is 5.74. The topological polar surface area (TPSA) is 78.6 Å². The van der Waals surface area contributed by atoms with Gasteiger partial charge in [-0.15, -0.1) is 0 Å². The molecule has 0 aromatic heterocycles. The van der Waals surface area contributed by atoms with E-state index in [-0.39, 0.29) is 12.0 Å². The van der Waals surface area contributed by atoms with E-state index in [1.54, 1.807) is 0 Å². The molecule has 18 heavy (non-hydrogen) atoms. The van der Waals surface area contributed by atoms with Gasteiger partial charge in [-0.3, -0.25) is 0 Å². The van der Waals surface area contributed by atoms with Gasteiger partial charge in [0.2, 0.25) is 0 Å². The second-order valence-electron chi connectivity index (χ2n) is 4.71. The lowest BCUT2D eigenvalue weighted by Crippen LogP contribution is -2.55. The van der Waals surface area contributed by atoms with E-state index in [0.29, 0.717) is 25.9 Å². The minimum Gasteiger partial charge on any atom is -0.393 e. The third kappa shape index (κ3) is 4.38. The van der Waals surface area contributed by atoms with Crippen LogP contribution >= 0.6 is 0 Å². The second kappa shape index (κ2) is 6.84. The average Bonchev–Trinajstić information content (AvgIpc) is 2.34. The maximum absolute atomic E-state index is 12.2. The molecule has 5 nitrogen and oxygen atoms in total. The van der Waals surface area contributed by atoms with Gasteiger partial charge in [-0.05, 0) is 12.8 Å². The van der Waals surface area contributed by atoms with Gasteiger partial charge in [0.25, 0.3) is 6.43 Å². The number of hydrogen-bond acceptors (Lipinski definition) is 3. The molecule has 0 aliphatic carbocycles. The van der Waals surface area contributed by atoms with Crippen molar-refractivity contribution in [3.63, 3.8) is 0 Å². The van der Waals surface area contributed by atoms with E-state index in [9.17, 15) is 18.7 Å². The number of piperidine rings is 1. The van der Waals surface area contributed by atoms with Crippen LogP contribution in [0.3, 0.4) is 0 Å². The van der Waals surface area contributed by atoms with Crippen LogP contribution in [0.5, 0.6) is 0 Å². The van der Waals surface area contributed by atoms with Crippen LogP contribution in [-0.2, 0) is 0 Å². The van der Waals surface area contributed by atoms with Crippen LogP contribution in [0.2, 0.25) is 0 Å². The van der Waals surface area contributed by atoms with Crippen molar-refractivity contribution in [3.8, 4) is 0 Å². The number of primary amides is 1. The molecular weight excluding hydrogens is 244 g/mol. The van der Waals surface area contributed by atoms with Gasteiger partial charge in [-0.25, -0.2) is 13.6 Å². The van der Waals surface area contributed by atoms with Crippen molar-refractivity contribution in [1.82, 2.24) is 10.2 Å². The minimum atomic E-state index is -2.43. The number of nitrogens with two attached hydrogens (primary N) is 1. The number of hydrogen-bond donors (Lipinski definition) is 3. The molecule has 3 atom stereocenters. The number of aliphatic hydroxyl groups is 1. The fourth-order valence-corrected chi connectivity index (χ4v) is 2.33. The average molecular weight is 265 g/mol. The van der Waals surface area contributed by atoms with Crippen LogP contribution in [0.25, 0.3) is 0 Å². The van der Waals surface area contributed by atoms with E-state index in [1.165, 1.54) is 4.90 Å². The number of likely N-dealkylation sites (tertiary alicyclic amines) is 1. The number of nitrogens with one attached hydrogen (secondary N) is 1. The number of nitrogens with zero attached hydrogens (tertiary/aromatic N) is 1. The van der Waals surface area contributed by atoms with E-state index in [0.717, 1.165) is 0 Å². The van der Waals surface area contributed by atoms with Crippen LogP contribution in [0.15, 0.2) is 0 Å². The first-order valence-electron chi connectivity index (χ1n) is 6.18. The minimum absolute atomic E-state index is 0.119. The number of carbonyl (C=O) groups excluding carboxylic acids is 1. The van der Waals surface area contributed by atoms with Crippen LogP contribution in [0.1, 0.15) is 19.8 Å². The first kappa shape index (κ1) is 15.1. The van der Waals surface area contributed by atoms with Gasteiger partial charge >= 0.3 is 6.03 Å². The first-order valence-corrected chi connectivity index (χ1v) is 6.18. The first-order chi connectivity index (χ1) is 8.43. The van der Waals surface area contributed by atoms with Crippen molar-refractivity contribution in [2.45, 2.75) is 38.3 Å². The summed E-state index contributed by atoms with van der Waals surface area (Å²) in [5.41, 5.74) is 5.22. The van der Waals surface area contributed by atoms with Crippen molar-refractivity contribution in [3.05, 3.63) is 0 Å². The Labute approximate surface area is 105 Å². The third-order valence-corrected chi connectivity index (χ3v) is 3.32. The number of urea groups is 1. The SMILES string of the molecule is CCC(O)C1CC(NCC(F)F)CN(C(N)=O)C1. The molecule has 0 spiro atoms. The highest BCUT2D eigenvalue weighted by Crippen LogP contribution is 2.22. The highest BCUT2D eigenvalue weighted by molar-refractivity contribution is 5.72. The van der Waals surface area contributed by atoms with Crippen molar-refractivity contribution >= 4 is 6.03 Å². The molecule has 2 amide bonds. The molecule has 1 fully saturated rings. The Morgan fingerprint density at radius 2 is 2.22 bits per heavy atom. The number of halogens is 2. The van der Waals surface area contributed by atoms with Crippen LogP contribution in [0.4, 0.5) is 13.6 Å². The standard InChI is InChI=1S/C11H21F2N3O2/c1-2-9(17)7-3-8(15-4-10(12)13)6-16(5-7)11(14)18/h7-10,15,17H,2-6H2,1H3,(H2,14,18). The lowest BCUT2D eigenvalue weighted by atomic mass is 9.88. The smallest absolute Gasteiger partial charge is 0.314 e. The van der Waals surface area contributed by atoms with Crippen LogP contribution < -0.4 is 11.1 Å². The summed E-state index contributed by atoms with van der Waals surface area (Å²) in [5, 5.41) is 12.5. The summed E-state index contributed by atoms with van der Waals surface area (Å²) in [7, 11) is 0. The summed E-state index contributed by atoms with van der Waals surface area (Å²) in [6.07, 6.45) is -1.82. The van der Waals surface area contributed by atoms with Crippen LogP contribution in [-0.4, -0.2) is 54.2 Å². The largest absolute Gasteiger partial charge is 0.393 e. The summed E-state index contributed by atoms with van der Waals surface area (Å²) in [6.45, 7) is 2.13. The molecular formula is C11H21F2N3O2. The molecule has 0 bridgehead atoms. The van der Waals surface area contributed by atoms with Gasteiger partial charge in [0.1, 0.15) is 0 Å². The molecule has 1 rings (SSSR count). The van der Waals surface area contributed by atoms with Gasteiger partial charge < -0.3 is 21.1 Å². The maximum atomic E-state index is 12.2. The van der Waals surface area contributed by atoms with E-state index < -0.39 is 25.1 Å². The van der Waals surface area contributed by atoms with Crippen LogP contribution in [0, 0.1) is 5.92 Å². The van der Waals surface area contributed by atoms with Gasteiger partial charge in [0.05, 0.1) is 12.6 Å². The zero-order chi connectivity index (χ0) is 13.7. The molecule has 7 heteroatoms. The number of alkyl halides is 2. The zero-order valence-corrected chi connectivity index (χ0v) is 10.5. The number of rotatable bonds is 5. The summed E-state index contributed by atoms with van der Waals surface area (Å²) < 4.78 is 24.3. The maximum Gasteiger partial charge on any atom is 0.314 e. The predicted molar refractivity (Wildman–Crippen MR) is 63.4 cm³/mol. The molecule has 4 N–H and O–H groups in total. The van der Waals surface area contributed by atoms with Gasteiger partial charge in [0, 0.05) is 25.0 Å². The molecule has 1 saturated heterocycles. The molecule has 3 unspecified atom stereocenters. The summed E-state index contributed by atoms with van der Waals surface area (Å²) in [4.78, 5) is 12.6. The quantitative estimate of drug-likeness (QED) is 0.672. The predicted octanol–water partition coefficient (Wildman–Crippen LogP) is 0.381. The third-order valence-electron chi connectivity index (χ3n) is 3.32. The second-order valence-corrected chi connectivity index (χ2v) is 4.71. The fraction of sp³-hybridized carbons (Fsp3) is 0.909. The van der Waals surface area contributed by atoms with Crippen molar-refractivity contribution in [2.75, 3.05) is 19.6 Å². The Bertz CT molecular complexity index is 279. The Balaban J connectivity index is 2.59. The van der Waals surface area contributed by atoms with Gasteiger partial charge in [-0.1, -0.05) is 6.92 Å². The van der Waals surface area contributed by atoms with E-state index in [4.69, 9.17) is 5.73 Å². The molecule has 0 aromatic rings. The molecule has 106 valence electrons. The Morgan fingerprint density at radius 3 is 2.72 bits per heavy atom.